The molecule has 0 radical (unpaired) electrons. The fourth-order valence-electron chi connectivity index (χ4n) is 2.03. The Morgan fingerprint density at radius 3 is 2.62 bits per heavy atom. The molecule has 0 unspecified atom stereocenters. The Hall–Kier alpha value is -0.910. The van der Waals surface area contributed by atoms with Gasteiger partial charge in [-0.15, -0.1) is 0 Å². The Kier molecular flexibility index (Phi) is 7.93. The summed E-state index contributed by atoms with van der Waals surface area (Å²) in [6.45, 7) is 8.52. The van der Waals surface area contributed by atoms with Gasteiger partial charge in [-0.1, -0.05) is 32.9 Å². The third kappa shape index (κ3) is 7.07. The summed E-state index contributed by atoms with van der Waals surface area (Å²) in [6.07, 6.45) is 2.97. The first-order valence-corrected chi connectivity index (χ1v) is 9.23. The fraction of sp³-hybridized carbons (Fsp3) is 0.625. The third-order valence-corrected chi connectivity index (χ3v) is 4.67. The van der Waals surface area contributed by atoms with Gasteiger partial charge in [-0.2, -0.15) is 0 Å². The van der Waals surface area contributed by atoms with Crippen LogP contribution in [0.4, 0.5) is 0 Å². The van der Waals surface area contributed by atoms with Gasteiger partial charge in [0.2, 0.25) is 10.0 Å². The Bertz CT molecular complexity index is 513. The molecule has 0 aliphatic heterocycles. The van der Waals surface area contributed by atoms with Crippen LogP contribution in [0.15, 0.2) is 29.2 Å². The lowest BCUT2D eigenvalue weighted by Crippen LogP contribution is -2.25. The average Bonchev–Trinajstić information content (AvgIpc) is 2.44. The molecule has 0 fully saturated rings. The highest BCUT2D eigenvalue weighted by Crippen LogP contribution is 2.12. The van der Waals surface area contributed by atoms with Crippen LogP contribution in [-0.4, -0.2) is 21.5 Å². The highest BCUT2D eigenvalue weighted by Gasteiger charge is 2.13. The smallest absolute Gasteiger partial charge is 0.240 e. The first-order chi connectivity index (χ1) is 9.95. The zero-order chi connectivity index (χ0) is 15.7. The van der Waals surface area contributed by atoms with Crippen LogP contribution < -0.4 is 10.0 Å². The molecule has 0 amide bonds. The number of hydrogen-bond acceptors (Lipinski definition) is 3. The summed E-state index contributed by atoms with van der Waals surface area (Å²) in [4.78, 5) is 0.350. The largest absolute Gasteiger partial charge is 0.313 e. The Morgan fingerprint density at radius 1 is 1.19 bits per heavy atom. The molecule has 0 aliphatic carbocycles. The molecule has 0 heterocycles. The Labute approximate surface area is 129 Å². The van der Waals surface area contributed by atoms with Crippen LogP contribution in [0.3, 0.4) is 0 Å². The molecule has 1 rings (SSSR count). The Balaban J connectivity index is 2.59. The van der Waals surface area contributed by atoms with Crippen LogP contribution in [0, 0.1) is 5.92 Å². The van der Waals surface area contributed by atoms with Crippen LogP contribution in [0.1, 0.15) is 45.6 Å². The van der Waals surface area contributed by atoms with E-state index in [2.05, 4.69) is 30.8 Å². The molecule has 0 bridgehead atoms. The topological polar surface area (TPSA) is 58.2 Å². The van der Waals surface area contributed by atoms with Crippen molar-refractivity contribution in [2.75, 3.05) is 13.1 Å². The van der Waals surface area contributed by atoms with E-state index in [1.807, 2.05) is 6.07 Å². The molecule has 5 heteroatoms. The van der Waals surface area contributed by atoms with Gasteiger partial charge in [0.1, 0.15) is 0 Å². The number of sulfonamides is 1. The standard InChI is InChI=1S/C16H28N2O2S/c1-4-10-17-13-15-8-5-9-16(12-15)21(19,20)18-11-6-7-14(2)3/h5,8-9,12,14,17-18H,4,6-7,10-11,13H2,1-3H3. The lowest BCUT2D eigenvalue weighted by Gasteiger charge is -2.10. The summed E-state index contributed by atoms with van der Waals surface area (Å²) < 4.78 is 27.1. The van der Waals surface area contributed by atoms with Gasteiger partial charge in [0.05, 0.1) is 4.90 Å². The van der Waals surface area contributed by atoms with Gasteiger partial charge in [0, 0.05) is 13.1 Å². The Morgan fingerprint density at radius 2 is 1.95 bits per heavy atom. The number of hydrogen-bond donors (Lipinski definition) is 2. The van der Waals surface area contributed by atoms with Gasteiger partial charge in [-0.25, -0.2) is 13.1 Å². The molecule has 4 nitrogen and oxygen atoms in total. The molecular formula is C16H28N2O2S. The molecule has 2 N–H and O–H groups in total. The van der Waals surface area contributed by atoms with Gasteiger partial charge in [0.25, 0.3) is 0 Å². The molecule has 1 aromatic carbocycles. The number of benzene rings is 1. The van der Waals surface area contributed by atoms with Gasteiger partial charge in [-0.3, -0.25) is 0 Å². The fourth-order valence-corrected chi connectivity index (χ4v) is 3.18. The van der Waals surface area contributed by atoms with Crippen molar-refractivity contribution in [3.8, 4) is 0 Å². The van der Waals surface area contributed by atoms with Crippen LogP contribution in [-0.2, 0) is 16.6 Å². The van der Waals surface area contributed by atoms with Crippen molar-refractivity contribution in [3.63, 3.8) is 0 Å². The van der Waals surface area contributed by atoms with E-state index < -0.39 is 10.0 Å². The molecule has 1 aromatic rings. The second-order valence-electron chi connectivity index (χ2n) is 5.76. The molecule has 0 saturated heterocycles. The molecular weight excluding hydrogens is 284 g/mol. The highest BCUT2D eigenvalue weighted by atomic mass is 32.2. The number of rotatable bonds is 10. The monoisotopic (exact) mass is 312 g/mol. The SMILES string of the molecule is CCCNCc1cccc(S(=O)(=O)NCCCC(C)C)c1. The molecule has 0 aromatic heterocycles. The molecule has 120 valence electrons. The van der Waals surface area contributed by atoms with Crippen molar-refractivity contribution in [1.82, 2.24) is 10.0 Å². The predicted octanol–water partition coefficient (Wildman–Crippen LogP) is 2.90. The van der Waals surface area contributed by atoms with E-state index in [0.29, 0.717) is 23.9 Å². The van der Waals surface area contributed by atoms with E-state index in [9.17, 15) is 8.42 Å². The lowest BCUT2D eigenvalue weighted by atomic mass is 10.1. The lowest BCUT2D eigenvalue weighted by molar-refractivity contribution is 0.540. The quantitative estimate of drug-likeness (QED) is 0.653. The van der Waals surface area contributed by atoms with Gasteiger partial charge in [0.15, 0.2) is 0 Å². The molecule has 0 atom stereocenters. The normalized spacial score (nSPS) is 12.0. The zero-order valence-electron chi connectivity index (χ0n) is 13.4. The summed E-state index contributed by atoms with van der Waals surface area (Å²) >= 11 is 0. The van der Waals surface area contributed by atoms with Crippen molar-refractivity contribution >= 4 is 10.0 Å². The van der Waals surface area contributed by atoms with Crippen molar-refractivity contribution < 1.29 is 8.42 Å². The summed E-state index contributed by atoms with van der Waals surface area (Å²) in [5, 5.41) is 3.28. The first kappa shape index (κ1) is 18.1. The van der Waals surface area contributed by atoms with E-state index in [4.69, 9.17) is 0 Å². The first-order valence-electron chi connectivity index (χ1n) is 7.75. The van der Waals surface area contributed by atoms with Crippen molar-refractivity contribution in [3.05, 3.63) is 29.8 Å². The summed E-state index contributed by atoms with van der Waals surface area (Å²) in [7, 11) is -3.39. The molecule has 0 saturated carbocycles. The minimum absolute atomic E-state index is 0.350. The maximum atomic E-state index is 12.2. The summed E-state index contributed by atoms with van der Waals surface area (Å²) in [5.41, 5.74) is 0.994. The average molecular weight is 312 g/mol. The van der Waals surface area contributed by atoms with Crippen LogP contribution in [0.25, 0.3) is 0 Å². The van der Waals surface area contributed by atoms with E-state index in [0.717, 1.165) is 31.4 Å². The van der Waals surface area contributed by atoms with Crippen molar-refractivity contribution in [2.24, 2.45) is 5.92 Å². The highest BCUT2D eigenvalue weighted by molar-refractivity contribution is 7.89. The molecule has 21 heavy (non-hydrogen) atoms. The van der Waals surface area contributed by atoms with Gasteiger partial charge < -0.3 is 5.32 Å². The van der Waals surface area contributed by atoms with Crippen molar-refractivity contribution in [2.45, 2.75) is 51.5 Å². The van der Waals surface area contributed by atoms with E-state index in [-0.39, 0.29) is 0 Å². The van der Waals surface area contributed by atoms with Crippen LogP contribution in [0.5, 0.6) is 0 Å². The minimum atomic E-state index is -3.39. The van der Waals surface area contributed by atoms with E-state index in [1.54, 1.807) is 18.2 Å². The second kappa shape index (κ2) is 9.18. The molecule has 0 aliphatic rings. The molecule has 0 spiro atoms. The van der Waals surface area contributed by atoms with E-state index >= 15 is 0 Å². The van der Waals surface area contributed by atoms with Crippen LogP contribution >= 0.6 is 0 Å². The van der Waals surface area contributed by atoms with Crippen molar-refractivity contribution in [1.29, 1.82) is 0 Å². The summed E-state index contributed by atoms with van der Waals surface area (Å²) in [6, 6.07) is 7.13. The zero-order valence-corrected chi connectivity index (χ0v) is 14.2. The third-order valence-electron chi connectivity index (χ3n) is 3.21. The van der Waals surface area contributed by atoms with Gasteiger partial charge in [-0.05, 0) is 49.4 Å². The van der Waals surface area contributed by atoms with E-state index in [1.165, 1.54) is 0 Å². The second-order valence-corrected chi connectivity index (χ2v) is 7.52. The predicted molar refractivity (Wildman–Crippen MR) is 87.7 cm³/mol. The van der Waals surface area contributed by atoms with Gasteiger partial charge >= 0.3 is 0 Å². The summed E-state index contributed by atoms with van der Waals surface area (Å²) in [5.74, 6) is 0.600. The number of nitrogens with one attached hydrogen (secondary N) is 2. The maximum absolute atomic E-state index is 12.2. The minimum Gasteiger partial charge on any atom is -0.313 e. The maximum Gasteiger partial charge on any atom is 0.240 e. The van der Waals surface area contributed by atoms with Crippen LogP contribution in [0.2, 0.25) is 0 Å².